The van der Waals surface area contributed by atoms with E-state index in [1.54, 1.807) is 25.1 Å². The normalized spacial score (nSPS) is 29.2. The maximum atomic E-state index is 14.4. The number of allylic oxidation sites excluding steroid dienone is 3. The second kappa shape index (κ2) is 11.0. The van der Waals surface area contributed by atoms with Crippen LogP contribution in [0.15, 0.2) is 48.1 Å². The van der Waals surface area contributed by atoms with Gasteiger partial charge in [-0.05, 0) is 82.3 Å². The molecule has 11 heteroatoms. The lowest BCUT2D eigenvalue weighted by molar-refractivity contribution is -0.145. The van der Waals surface area contributed by atoms with Crippen molar-refractivity contribution >= 4 is 47.0 Å². The minimum atomic E-state index is -1.27. The number of methoxy groups -OCH3 is 2. The number of aromatic hydroxyl groups is 1. The lowest BCUT2D eigenvalue weighted by Gasteiger charge is -2.48. The fourth-order valence-electron chi connectivity index (χ4n) is 7.97. The van der Waals surface area contributed by atoms with Crippen molar-refractivity contribution in [1.29, 1.82) is 0 Å². The lowest BCUT2D eigenvalue weighted by atomic mass is 9.52. The van der Waals surface area contributed by atoms with Gasteiger partial charge in [-0.1, -0.05) is 35.4 Å². The first-order valence-corrected chi connectivity index (χ1v) is 15.6. The molecular weight excluding hydrogens is 615 g/mol. The van der Waals surface area contributed by atoms with Gasteiger partial charge in [-0.25, -0.2) is 9.29 Å². The van der Waals surface area contributed by atoms with Gasteiger partial charge in [0, 0.05) is 11.5 Å². The van der Waals surface area contributed by atoms with E-state index in [1.807, 2.05) is 32.9 Å². The number of hydrogen-bond donors (Lipinski definition) is 1. The van der Waals surface area contributed by atoms with Crippen molar-refractivity contribution in [2.75, 3.05) is 19.1 Å². The summed E-state index contributed by atoms with van der Waals surface area (Å²) in [7, 11) is 2.84. The largest absolute Gasteiger partial charge is 0.502 e. The third kappa shape index (κ3) is 4.55. The van der Waals surface area contributed by atoms with E-state index in [2.05, 4.69) is 0 Å². The Kier molecular flexibility index (Phi) is 7.58. The first kappa shape index (κ1) is 31.8. The smallest absolute Gasteiger partial charge is 0.241 e. The number of fused-ring (bicyclic) bond motifs is 4. The average molecular weight is 651 g/mol. The molecule has 4 aliphatic rings. The fourth-order valence-corrected chi connectivity index (χ4v) is 8.14. The van der Waals surface area contributed by atoms with Gasteiger partial charge in [-0.3, -0.25) is 24.1 Å². The summed E-state index contributed by atoms with van der Waals surface area (Å²) in [5.74, 6) is -5.06. The number of rotatable bonds is 5. The van der Waals surface area contributed by atoms with Crippen LogP contribution in [0.4, 0.5) is 10.1 Å². The molecular formula is C35H36ClFN2O7. The van der Waals surface area contributed by atoms with Crippen molar-refractivity contribution in [1.82, 2.24) is 4.90 Å². The summed E-state index contributed by atoms with van der Waals surface area (Å²) >= 11 is 6.07. The number of anilines is 1. The number of imide groups is 2. The highest BCUT2D eigenvalue weighted by atomic mass is 35.5. The number of ether oxygens (including phenoxy) is 2. The summed E-state index contributed by atoms with van der Waals surface area (Å²) in [5, 5.41) is 10.2. The summed E-state index contributed by atoms with van der Waals surface area (Å²) in [4.78, 5) is 58.6. The van der Waals surface area contributed by atoms with Crippen LogP contribution in [0.2, 0.25) is 5.02 Å². The maximum Gasteiger partial charge on any atom is 0.241 e. The van der Waals surface area contributed by atoms with Crippen LogP contribution in [0.25, 0.3) is 6.08 Å². The molecule has 2 aromatic carbocycles. The van der Waals surface area contributed by atoms with Gasteiger partial charge in [0.25, 0.3) is 0 Å². The van der Waals surface area contributed by atoms with E-state index >= 15 is 0 Å². The second-order valence-corrected chi connectivity index (χ2v) is 14.0. The van der Waals surface area contributed by atoms with Gasteiger partial charge in [0.1, 0.15) is 5.82 Å². The van der Waals surface area contributed by atoms with Gasteiger partial charge in [0.15, 0.2) is 11.5 Å². The van der Waals surface area contributed by atoms with Crippen LogP contribution >= 0.6 is 11.6 Å². The van der Waals surface area contributed by atoms with Gasteiger partial charge in [0.2, 0.25) is 29.4 Å². The summed E-state index contributed by atoms with van der Waals surface area (Å²) < 4.78 is 24.7. The Hall–Kier alpha value is -4.18. The number of likely N-dealkylation sites (tertiary alicyclic amines) is 1. The highest BCUT2D eigenvalue weighted by Crippen LogP contribution is 2.61. The van der Waals surface area contributed by atoms with Crippen molar-refractivity contribution in [2.24, 2.45) is 35.0 Å². The van der Waals surface area contributed by atoms with Gasteiger partial charge in [-0.2, -0.15) is 0 Å². The minimum Gasteiger partial charge on any atom is -0.502 e. The third-order valence-electron chi connectivity index (χ3n) is 10.2. The molecule has 2 aliphatic heterocycles. The Morgan fingerprint density at radius 1 is 1.00 bits per heavy atom. The van der Waals surface area contributed by atoms with Crippen LogP contribution in [0.5, 0.6) is 17.2 Å². The standard InChI is InChI=1S/C35H36ClFN2O7/c1-34(2,3)39-30(41)20-10-9-19-21(28(20)32(39)43)16-23-31(42)38(18-8-12-25(37)24(36)15-18)33(44)35(23,4)22(19)11-7-17-13-26(45-5)29(40)27(14-17)46-6/h7-9,11-15,20-23,28,40H,10,16H2,1-6H3. The molecule has 6 rings (SSSR count). The van der Waals surface area contributed by atoms with E-state index in [4.69, 9.17) is 21.1 Å². The number of carbonyl (C=O) groups excluding carboxylic acids is 4. The topological polar surface area (TPSA) is 113 Å². The molecule has 1 N–H and O–H groups in total. The molecule has 6 atom stereocenters. The Balaban J connectivity index is 1.49. The molecule has 1 saturated carbocycles. The molecule has 4 amide bonds. The van der Waals surface area contributed by atoms with E-state index in [-0.39, 0.29) is 46.2 Å². The SMILES string of the molecule is COc1cc(C=CC2C3=CCC4C(=O)N(C(C)(C)C)C(=O)C4C3CC3C(=O)N(c4ccc(F)c(Cl)c4)C(=O)C23C)cc(OC)c1O. The Bertz CT molecular complexity index is 1720. The van der Waals surface area contributed by atoms with Gasteiger partial charge < -0.3 is 14.6 Å². The molecule has 6 unspecified atom stereocenters. The van der Waals surface area contributed by atoms with Crippen LogP contribution in [-0.2, 0) is 19.2 Å². The van der Waals surface area contributed by atoms with E-state index in [0.29, 0.717) is 12.0 Å². The zero-order valence-corrected chi connectivity index (χ0v) is 27.2. The Labute approximate surface area is 271 Å². The highest BCUT2D eigenvalue weighted by Gasteiger charge is 2.67. The number of phenolic OH excluding ortho intramolecular Hbond substituents is 1. The summed E-state index contributed by atoms with van der Waals surface area (Å²) in [5.41, 5.74) is -0.403. The van der Waals surface area contributed by atoms with E-state index in [9.17, 15) is 28.7 Å². The third-order valence-corrected chi connectivity index (χ3v) is 10.5. The van der Waals surface area contributed by atoms with Gasteiger partial charge in [0.05, 0.1) is 48.1 Å². The van der Waals surface area contributed by atoms with Gasteiger partial charge in [-0.15, -0.1) is 0 Å². The summed E-state index contributed by atoms with van der Waals surface area (Å²) in [6.07, 6.45) is 6.10. The van der Waals surface area contributed by atoms with Crippen LogP contribution in [0, 0.1) is 40.8 Å². The number of carbonyl (C=O) groups is 4. The summed E-state index contributed by atoms with van der Waals surface area (Å²) in [6.45, 7) is 7.22. The monoisotopic (exact) mass is 650 g/mol. The number of halogens is 2. The molecule has 0 radical (unpaired) electrons. The molecule has 242 valence electrons. The van der Waals surface area contributed by atoms with Crippen molar-refractivity contribution in [3.8, 4) is 17.2 Å². The van der Waals surface area contributed by atoms with E-state index in [0.717, 1.165) is 16.5 Å². The van der Waals surface area contributed by atoms with Crippen LogP contribution in [0.3, 0.4) is 0 Å². The number of hydrogen-bond acceptors (Lipinski definition) is 7. The number of phenols is 1. The maximum absolute atomic E-state index is 14.4. The second-order valence-electron chi connectivity index (χ2n) is 13.6. The van der Waals surface area contributed by atoms with Crippen molar-refractivity contribution in [3.63, 3.8) is 0 Å². The van der Waals surface area contributed by atoms with Crippen molar-refractivity contribution in [3.05, 3.63) is 64.5 Å². The first-order chi connectivity index (χ1) is 21.6. The molecule has 2 heterocycles. The number of benzene rings is 2. The molecule has 0 spiro atoms. The quantitative estimate of drug-likeness (QED) is 0.323. The predicted molar refractivity (Wildman–Crippen MR) is 169 cm³/mol. The molecule has 3 fully saturated rings. The number of amides is 4. The minimum absolute atomic E-state index is 0.161. The molecule has 0 bridgehead atoms. The van der Waals surface area contributed by atoms with Crippen LogP contribution < -0.4 is 14.4 Å². The zero-order chi connectivity index (χ0) is 33.5. The van der Waals surface area contributed by atoms with Crippen LogP contribution in [0.1, 0.15) is 46.1 Å². The number of nitrogens with zero attached hydrogens (tertiary/aromatic N) is 2. The molecule has 9 nitrogen and oxygen atoms in total. The lowest BCUT2D eigenvalue weighted by Crippen LogP contribution is -2.50. The Morgan fingerprint density at radius 3 is 2.24 bits per heavy atom. The molecule has 2 aromatic rings. The summed E-state index contributed by atoms with van der Waals surface area (Å²) in [6, 6.07) is 6.96. The van der Waals surface area contributed by atoms with Crippen molar-refractivity contribution < 1.29 is 38.1 Å². The highest BCUT2D eigenvalue weighted by molar-refractivity contribution is 6.31. The van der Waals surface area contributed by atoms with E-state index in [1.165, 1.54) is 31.3 Å². The van der Waals surface area contributed by atoms with Gasteiger partial charge >= 0.3 is 0 Å². The molecule has 2 aliphatic carbocycles. The van der Waals surface area contributed by atoms with Crippen molar-refractivity contribution in [2.45, 2.75) is 46.1 Å². The molecule has 46 heavy (non-hydrogen) atoms. The Morgan fingerprint density at radius 2 is 1.65 bits per heavy atom. The first-order valence-electron chi connectivity index (χ1n) is 15.2. The average Bonchev–Trinajstić information content (AvgIpc) is 3.38. The van der Waals surface area contributed by atoms with Crippen LogP contribution in [-0.4, -0.2) is 53.4 Å². The predicted octanol–water partition coefficient (Wildman–Crippen LogP) is 5.78. The van der Waals surface area contributed by atoms with E-state index < -0.39 is 58.2 Å². The fraction of sp³-hybridized carbons (Fsp3) is 0.429. The zero-order valence-electron chi connectivity index (χ0n) is 26.5. The molecule has 0 aromatic heterocycles. The molecule has 2 saturated heterocycles.